The van der Waals surface area contributed by atoms with Crippen LogP contribution in [0.4, 0.5) is 5.82 Å². The lowest BCUT2D eigenvalue weighted by atomic mass is 10.1. The average Bonchev–Trinajstić information content (AvgIpc) is 2.38. The summed E-state index contributed by atoms with van der Waals surface area (Å²) < 4.78 is 0. The van der Waals surface area contributed by atoms with Crippen LogP contribution in [0, 0.1) is 0 Å². The summed E-state index contributed by atoms with van der Waals surface area (Å²) in [5, 5.41) is 13.6. The minimum Gasteiger partial charge on any atom is -0.508 e. The van der Waals surface area contributed by atoms with E-state index >= 15 is 0 Å². The summed E-state index contributed by atoms with van der Waals surface area (Å²) in [6.45, 7) is 1.84. The molecule has 0 amide bonds. The first-order valence-corrected chi connectivity index (χ1v) is 5.61. The van der Waals surface area contributed by atoms with Gasteiger partial charge in [-0.15, -0.1) is 0 Å². The van der Waals surface area contributed by atoms with Crippen LogP contribution < -0.4 is 5.43 Å². The van der Waals surface area contributed by atoms with Gasteiger partial charge in [0.05, 0.1) is 5.71 Å². The second kappa shape index (κ2) is 5.46. The number of phenols is 1. The van der Waals surface area contributed by atoms with Gasteiger partial charge in [0.1, 0.15) is 5.75 Å². The summed E-state index contributed by atoms with van der Waals surface area (Å²) in [4.78, 5) is 7.88. The van der Waals surface area contributed by atoms with E-state index in [1.807, 2.05) is 6.92 Å². The Labute approximate surface area is 109 Å². The van der Waals surface area contributed by atoms with E-state index in [2.05, 4.69) is 20.5 Å². The monoisotopic (exact) mass is 262 g/mol. The SMILES string of the molecule is CC(=NNc1nccnc1Cl)c1ccc(O)cc1. The number of nitrogens with zero attached hydrogens (tertiary/aromatic N) is 3. The second-order valence-electron chi connectivity index (χ2n) is 3.55. The number of halogens is 1. The fraction of sp³-hybridized carbons (Fsp3) is 0.0833. The van der Waals surface area contributed by atoms with Gasteiger partial charge in [0.15, 0.2) is 11.0 Å². The standard InChI is InChI=1S/C12H11ClN4O/c1-8(9-2-4-10(18)5-3-9)16-17-12-11(13)14-6-7-15-12/h2-7,18H,1H3,(H,15,17). The van der Waals surface area contributed by atoms with E-state index in [1.165, 1.54) is 12.4 Å². The van der Waals surface area contributed by atoms with Crippen LogP contribution in [-0.4, -0.2) is 20.8 Å². The van der Waals surface area contributed by atoms with Crippen molar-refractivity contribution in [3.8, 4) is 5.75 Å². The van der Waals surface area contributed by atoms with Gasteiger partial charge in [-0.05, 0) is 36.8 Å². The predicted molar refractivity (Wildman–Crippen MR) is 71.0 cm³/mol. The van der Waals surface area contributed by atoms with Crippen molar-refractivity contribution in [1.82, 2.24) is 9.97 Å². The number of nitrogens with one attached hydrogen (secondary N) is 1. The highest BCUT2D eigenvalue weighted by atomic mass is 35.5. The molecule has 0 bridgehead atoms. The third-order valence-electron chi connectivity index (χ3n) is 2.27. The Balaban J connectivity index is 2.14. The molecular weight excluding hydrogens is 252 g/mol. The van der Waals surface area contributed by atoms with Gasteiger partial charge in [-0.25, -0.2) is 9.97 Å². The van der Waals surface area contributed by atoms with E-state index in [0.717, 1.165) is 11.3 Å². The van der Waals surface area contributed by atoms with Gasteiger partial charge in [-0.1, -0.05) is 11.6 Å². The van der Waals surface area contributed by atoms with Crippen LogP contribution in [-0.2, 0) is 0 Å². The Bertz CT molecular complexity index is 569. The molecule has 1 heterocycles. The Morgan fingerprint density at radius 3 is 2.56 bits per heavy atom. The molecule has 1 aromatic carbocycles. The van der Waals surface area contributed by atoms with Crippen molar-refractivity contribution in [3.63, 3.8) is 0 Å². The van der Waals surface area contributed by atoms with Crippen molar-refractivity contribution >= 4 is 23.1 Å². The maximum absolute atomic E-state index is 9.19. The topological polar surface area (TPSA) is 70.4 Å². The molecule has 92 valence electrons. The summed E-state index contributed by atoms with van der Waals surface area (Å²) in [5.74, 6) is 0.619. The molecule has 2 N–H and O–H groups in total. The van der Waals surface area contributed by atoms with E-state index in [-0.39, 0.29) is 10.9 Å². The van der Waals surface area contributed by atoms with Crippen LogP contribution in [0.5, 0.6) is 5.75 Å². The van der Waals surface area contributed by atoms with Gasteiger partial charge in [0.25, 0.3) is 0 Å². The average molecular weight is 263 g/mol. The number of benzene rings is 1. The second-order valence-corrected chi connectivity index (χ2v) is 3.91. The number of hydrogen-bond acceptors (Lipinski definition) is 5. The summed E-state index contributed by atoms with van der Waals surface area (Å²) in [6.07, 6.45) is 3.03. The first kappa shape index (κ1) is 12.3. The van der Waals surface area contributed by atoms with Gasteiger partial charge in [-0.3, -0.25) is 5.43 Å². The van der Waals surface area contributed by atoms with E-state index in [0.29, 0.717) is 5.82 Å². The number of aromatic nitrogens is 2. The minimum absolute atomic E-state index is 0.219. The molecule has 1 aromatic heterocycles. The molecule has 5 nitrogen and oxygen atoms in total. The van der Waals surface area contributed by atoms with Gasteiger partial charge in [-0.2, -0.15) is 5.10 Å². The summed E-state index contributed by atoms with van der Waals surface area (Å²) in [7, 11) is 0. The van der Waals surface area contributed by atoms with E-state index < -0.39 is 0 Å². The van der Waals surface area contributed by atoms with Crippen molar-refractivity contribution < 1.29 is 5.11 Å². The lowest BCUT2D eigenvalue weighted by Gasteiger charge is -2.03. The molecule has 0 spiro atoms. The van der Waals surface area contributed by atoms with E-state index in [1.54, 1.807) is 24.3 Å². The molecule has 0 fully saturated rings. The predicted octanol–water partition coefficient (Wildman–Crippen LogP) is 2.67. The fourth-order valence-electron chi connectivity index (χ4n) is 1.30. The highest BCUT2D eigenvalue weighted by Crippen LogP contribution is 2.15. The Hall–Kier alpha value is -2.14. The molecule has 0 saturated heterocycles. The molecule has 0 aliphatic carbocycles. The molecule has 2 aromatic rings. The van der Waals surface area contributed by atoms with E-state index in [9.17, 15) is 5.11 Å². The molecule has 0 unspecified atom stereocenters. The van der Waals surface area contributed by atoms with Gasteiger partial charge in [0, 0.05) is 12.4 Å². The zero-order valence-electron chi connectivity index (χ0n) is 9.63. The lowest BCUT2D eigenvalue weighted by molar-refractivity contribution is 0.475. The van der Waals surface area contributed by atoms with Crippen LogP contribution in [0.15, 0.2) is 41.8 Å². The highest BCUT2D eigenvalue weighted by molar-refractivity contribution is 6.31. The fourth-order valence-corrected chi connectivity index (χ4v) is 1.45. The van der Waals surface area contributed by atoms with Gasteiger partial charge in [0.2, 0.25) is 0 Å². The third-order valence-corrected chi connectivity index (χ3v) is 2.54. The van der Waals surface area contributed by atoms with Crippen molar-refractivity contribution in [3.05, 3.63) is 47.4 Å². The quantitative estimate of drug-likeness (QED) is 0.659. The molecule has 0 radical (unpaired) electrons. The van der Waals surface area contributed by atoms with Crippen molar-refractivity contribution in [2.45, 2.75) is 6.92 Å². The molecular formula is C12H11ClN4O. The molecule has 0 aliphatic heterocycles. The number of anilines is 1. The van der Waals surface area contributed by atoms with Crippen LogP contribution in [0.3, 0.4) is 0 Å². The Morgan fingerprint density at radius 2 is 1.89 bits per heavy atom. The van der Waals surface area contributed by atoms with Crippen LogP contribution in [0.1, 0.15) is 12.5 Å². The minimum atomic E-state index is 0.219. The molecule has 0 aliphatic rings. The zero-order chi connectivity index (χ0) is 13.0. The maximum atomic E-state index is 9.19. The lowest BCUT2D eigenvalue weighted by Crippen LogP contribution is -2.01. The maximum Gasteiger partial charge on any atom is 0.184 e. The highest BCUT2D eigenvalue weighted by Gasteiger charge is 2.01. The zero-order valence-corrected chi connectivity index (χ0v) is 10.4. The number of aromatic hydroxyl groups is 1. The molecule has 0 atom stereocenters. The molecule has 18 heavy (non-hydrogen) atoms. The van der Waals surface area contributed by atoms with E-state index in [4.69, 9.17) is 11.6 Å². The summed E-state index contributed by atoms with van der Waals surface area (Å²) in [6, 6.07) is 6.75. The first-order valence-electron chi connectivity index (χ1n) is 5.23. The largest absolute Gasteiger partial charge is 0.508 e. The molecule has 2 rings (SSSR count). The normalized spacial score (nSPS) is 11.3. The van der Waals surface area contributed by atoms with Crippen molar-refractivity contribution in [2.75, 3.05) is 5.43 Å². The van der Waals surface area contributed by atoms with Gasteiger partial charge < -0.3 is 5.11 Å². The number of hydrazone groups is 1. The van der Waals surface area contributed by atoms with Crippen molar-refractivity contribution in [2.24, 2.45) is 5.10 Å². The Morgan fingerprint density at radius 1 is 1.22 bits per heavy atom. The summed E-state index contributed by atoms with van der Waals surface area (Å²) in [5.41, 5.74) is 4.38. The molecule has 6 heteroatoms. The van der Waals surface area contributed by atoms with Crippen LogP contribution in [0.2, 0.25) is 5.15 Å². The smallest absolute Gasteiger partial charge is 0.184 e. The van der Waals surface area contributed by atoms with Crippen LogP contribution >= 0.6 is 11.6 Å². The third kappa shape index (κ3) is 2.95. The summed E-state index contributed by atoms with van der Waals surface area (Å²) >= 11 is 5.84. The number of phenolic OH excluding ortho intramolecular Hbond substituents is 1. The van der Waals surface area contributed by atoms with Crippen molar-refractivity contribution in [1.29, 1.82) is 0 Å². The first-order chi connectivity index (χ1) is 8.66. The number of rotatable bonds is 3. The van der Waals surface area contributed by atoms with Gasteiger partial charge >= 0.3 is 0 Å². The van der Waals surface area contributed by atoms with Crippen LogP contribution in [0.25, 0.3) is 0 Å². The Kier molecular flexibility index (Phi) is 3.74. The molecule has 0 saturated carbocycles. The number of hydrogen-bond donors (Lipinski definition) is 2.